The molecule has 2 aromatic rings. The van der Waals surface area contributed by atoms with Crippen molar-refractivity contribution in [2.75, 3.05) is 0 Å². The van der Waals surface area contributed by atoms with E-state index >= 15 is 0 Å². The molecule has 2 N–H and O–H groups in total. The van der Waals surface area contributed by atoms with Crippen molar-refractivity contribution in [3.8, 4) is 0 Å². The van der Waals surface area contributed by atoms with Gasteiger partial charge in [0.25, 0.3) is 0 Å². The van der Waals surface area contributed by atoms with Crippen LogP contribution in [0.4, 0.5) is 0 Å². The maximum atomic E-state index is 6.05. The first-order chi connectivity index (χ1) is 7.08. The molecule has 0 amide bonds. The third-order valence-electron chi connectivity index (χ3n) is 2.74. The van der Waals surface area contributed by atoms with Crippen molar-refractivity contribution in [2.45, 2.75) is 26.8 Å². The monoisotopic (exact) mass is 203 g/mol. The van der Waals surface area contributed by atoms with Crippen LogP contribution in [0.1, 0.15) is 31.2 Å². The summed E-state index contributed by atoms with van der Waals surface area (Å²) >= 11 is 0. The maximum Gasteiger partial charge on any atom is 0.134 e. The third kappa shape index (κ3) is 1.90. The molecule has 1 unspecified atom stereocenters. The number of nitrogens with two attached hydrogens (primary N) is 1. The van der Waals surface area contributed by atoms with Gasteiger partial charge in [-0.1, -0.05) is 26.0 Å². The second kappa shape index (κ2) is 3.70. The summed E-state index contributed by atoms with van der Waals surface area (Å²) in [6.45, 7) is 6.26. The van der Waals surface area contributed by atoms with Crippen LogP contribution in [0.3, 0.4) is 0 Å². The van der Waals surface area contributed by atoms with E-state index in [-0.39, 0.29) is 6.04 Å². The summed E-state index contributed by atoms with van der Waals surface area (Å²) in [5.41, 5.74) is 8.19. The van der Waals surface area contributed by atoms with Crippen LogP contribution in [0, 0.1) is 12.8 Å². The molecule has 1 aromatic heterocycles. The average molecular weight is 203 g/mol. The van der Waals surface area contributed by atoms with Crippen molar-refractivity contribution in [1.29, 1.82) is 0 Å². The lowest BCUT2D eigenvalue weighted by Gasteiger charge is -2.11. The van der Waals surface area contributed by atoms with Crippen LogP contribution in [0.15, 0.2) is 28.7 Å². The van der Waals surface area contributed by atoms with E-state index in [1.54, 1.807) is 0 Å². The van der Waals surface area contributed by atoms with E-state index in [1.165, 1.54) is 5.56 Å². The first-order valence-electron chi connectivity index (χ1n) is 5.33. The lowest BCUT2D eigenvalue weighted by atomic mass is 10.0. The summed E-state index contributed by atoms with van der Waals surface area (Å²) in [6, 6.07) is 8.23. The van der Waals surface area contributed by atoms with Gasteiger partial charge in [-0.25, -0.2) is 0 Å². The quantitative estimate of drug-likeness (QED) is 0.812. The predicted octanol–water partition coefficient (Wildman–Crippen LogP) is 3.40. The van der Waals surface area contributed by atoms with Gasteiger partial charge in [0, 0.05) is 5.39 Å². The smallest absolute Gasteiger partial charge is 0.134 e. The largest absolute Gasteiger partial charge is 0.459 e. The first-order valence-corrected chi connectivity index (χ1v) is 5.33. The van der Waals surface area contributed by atoms with Gasteiger partial charge in [0.05, 0.1) is 6.04 Å². The molecule has 2 rings (SSSR count). The predicted molar refractivity (Wildman–Crippen MR) is 62.7 cm³/mol. The number of benzene rings is 1. The Bertz CT molecular complexity index is 470. The zero-order valence-corrected chi connectivity index (χ0v) is 9.45. The molecule has 0 bridgehead atoms. The topological polar surface area (TPSA) is 39.2 Å². The lowest BCUT2D eigenvalue weighted by molar-refractivity contribution is 0.418. The summed E-state index contributed by atoms with van der Waals surface area (Å²) < 4.78 is 5.75. The number of hydrogen-bond acceptors (Lipinski definition) is 2. The van der Waals surface area contributed by atoms with Gasteiger partial charge >= 0.3 is 0 Å². The molecule has 1 heterocycles. The Balaban J connectivity index is 2.47. The summed E-state index contributed by atoms with van der Waals surface area (Å²) in [5, 5.41) is 1.13. The molecule has 2 nitrogen and oxygen atoms in total. The molecule has 0 aliphatic rings. The van der Waals surface area contributed by atoms with Crippen LogP contribution >= 0.6 is 0 Å². The van der Waals surface area contributed by atoms with Crippen LogP contribution in [0.5, 0.6) is 0 Å². The Morgan fingerprint density at radius 1 is 1.20 bits per heavy atom. The van der Waals surface area contributed by atoms with E-state index < -0.39 is 0 Å². The van der Waals surface area contributed by atoms with Crippen LogP contribution in [0.25, 0.3) is 11.0 Å². The van der Waals surface area contributed by atoms with E-state index in [0.717, 1.165) is 16.7 Å². The van der Waals surface area contributed by atoms with Gasteiger partial charge in [-0.2, -0.15) is 0 Å². The van der Waals surface area contributed by atoms with Crippen molar-refractivity contribution in [1.82, 2.24) is 0 Å². The second-order valence-corrected chi connectivity index (χ2v) is 4.46. The van der Waals surface area contributed by atoms with Crippen molar-refractivity contribution >= 4 is 11.0 Å². The first kappa shape index (κ1) is 10.2. The number of fused-ring (bicyclic) bond motifs is 1. The molecule has 1 aromatic carbocycles. The highest BCUT2D eigenvalue weighted by Crippen LogP contribution is 2.26. The van der Waals surface area contributed by atoms with Gasteiger partial charge in [0.1, 0.15) is 11.3 Å². The Hall–Kier alpha value is -1.28. The molecule has 0 spiro atoms. The van der Waals surface area contributed by atoms with E-state index in [2.05, 4.69) is 32.9 Å². The number of aryl methyl sites for hydroxylation is 1. The highest BCUT2D eigenvalue weighted by atomic mass is 16.3. The van der Waals surface area contributed by atoms with Gasteiger partial charge in [-0.05, 0) is 30.5 Å². The fourth-order valence-electron chi connectivity index (χ4n) is 1.65. The molecule has 80 valence electrons. The Morgan fingerprint density at radius 2 is 1.93 bits per heavy atom. The molecule has 0 fully saturated rings. The Kier molecular flexibility index (Phi) is 2.53. The molecular weight excluding hydrogens is 186 g/mol. The molecule has 0 aliphatic heterocycles. The zero-order chi connectivity index (χ0) is 11.0. The minimum absolute atomic E-state index is 0.0160. The number of hydrogen-bond donors (Lipinski definition) is 1. The molecule has 0 radical (unpaired) electrons. The van der Waals surface area contributed by atoms with Gasteiger partial charge in [0.2, 0.25) is 0 Å². The fourth-order valence-corrected chi connectivity index (χ4v) is 1.65. The molecule has 0 aliphatic carbocycles. The van der Waals surface area contributed by atoms with Crippen molar-refractivity contribution in [3.63, 3.8) is 0 Å². The third-order valence-corrected chi connectivity index (χ3v) is 2.74. The molecular formula is C13H17NO. The highest BCUT2D eigenvalue weighted by Gasteiger charge is 2.15. The van der Waals surface area contributed by atoms with Crippen molar-refractivity contribution in [3.05, 3.63) is 35.6 Å². The summed E-state index contributed by atoms with van der Waals surface area (Å²) in [4.78, 5) is 0. The van der Waals surface area contributed by atoms with Crippen molar-refractivity contribution in [2.24, 2.45) is 11.7 Å². The van der Waals surface area contributed by atoms with Gasteiger partial charge in [-0.15, -0.1) is 0 Å². The van der Waals surface area contributed by atoms with Crippen LogP contribution in [-0.2, 0) is 0 Å². The minimum atomic E-state index is -0.0160. The number of furan rings is 1. The standard InChI is InChI=1S/C13H17NO/c1-8(2)13(14)12-7-10-5-4-9(3)6-11(10)15-12/h4-8,13H,14H2,1-3H3. The summed E-state index contributed by atoms with van der Waals surface area (Å²) in [6.07, 6.45) is 0. The van der Waals surface area contributed by atoms with Crippen molar-refractivity contribution < 1.29 is 4.42 Å². The van der Waals surface area contributed by atoms with Gasteiger partial charge in [-0.3, -0.25) is 0 Å². The molecule has 2 heteroatoms. The van der Waals surface area contributed by atoms with Crippen LogP contribution in [-0.4, -0.2) is 0 Å². The zero-order valence-electron chi connectivity index (χ0n) is 9.45. The molecule has 0 saturated heterocycles. The van der Waals surface area contributed by atoms with Crippen LogP contribution in [0.2, 0.25) is 0 Å². The molecule has 0 saturated carbocycles. The summed E-state index contributed by atoms with van der Waals surface area (Å²) in [5.74, 6) is 1.28. The average Bonchev–Trinajstić information content (AvgIpc) is 2.58. The SMILES string of the molecule is Cc1ccc2cc(C(N)C(C)C)oc2c1. The van der Waals surface area contributed by atoms with Gasteiger partial charge < -0.3 is 10.2 Å². The molecule has 1 atom stereocenters. The summed E-state index contributed by atoms with van der Waals surface area (Å²) in [7, 11) is 0. The Morgan fingerprint density at radius 3 is 2.60 bits per heavy atom. The second-order valence-electron chi connectivity index (χ2n) is 4.46. The fraction of sp³-hybridized carbons (Fsp3) is 0.385. The van der Waals surface area contributed by atoms with E-state index in [4.69, 9.17) is 10.2 Å². The van der Waals surface area contributed by atoms with Crippen LogP contribution < -0.4 is 5.73 Å². The maximum absolute atomic E-state index is 6.05. The van der Waals surface area contributed by atoms with E-state index in [0.29, 0.717) is 5.92 Å². The highest BCUT2D eigenvalue weighted by molar-refractivity contribution is 5.78. The van der Waals surface area contributed by atoms with Gasteiger partial charge in [0.15, 0.2) is 0 Å². The van der Waals surface area contributed by atoms with E-state index in [9.17, 15) is 0 Å². The lowest BCUT2D eigenvalue weighted by Crippen LogP contribution is -2.15. The Labute approximate surface area is 90.1 Å². The molecule has 15 heavy (non-hydrogen) atoms. The number of rotatable bonds is 2. The van der Waals surface area contributed by atoms with E-state index in [1.807, 2.05) is 12.1 Å². The minimum Gasteiger partial charge on any atom is -0.459 e. The normalized spacial score (nSPS) is 13.7.